The average molecular weight is 466 g/mol. The van der Waals surface area contributed by atoms with Gasteiger partial charge >= 0.3 is 0 Å². The maximum atomic E-state index is 13.0. The molecule has 1 saturated heterocycles. The number of hydrogen-bond donors (Lipinski definition) is 1. The first kappa shape index (κ1) is 23.2. The van der Waals surface area contributed by atoms with Crippen LogP contribution in [0.1, 0.15) is 33.5 Å². The molecule has 3 rings (SSSR count). The Labute approximate surface area is 194 Å². The van der Waals surface area contributed by atoms with Gasteiger partial charge in [-0.3, -0.25) is 23.9 Å². The summed E-state index contributed by atoms with van der Waals surface area (Å²) < 4.78 is 1.26. The standard InChI is InChI=1S/C23H19N3O4S2/c1-3-10-25-20(28)16(13-24)14(2)19(22(25)30)17(27)9-11-26-21(29)18(32-23(26)31)12-15-7-5-4-6-8-15/h3-8,12,30H,1,9-11H2,2H3/b18-12-. The zero-order chi connectivity index (χ0) is 23.4. The van der Waals surface area contributed by atoms with E-state index in [-0.39, 0.29) is 42.1 Å². The van der Waals surface area contributed by atoms with Crippen LogP contribution in [0.15, 0.2) is 52.7 Å². The molecule has 0 aliphatic carbocycles. The fourth-order valence-electron chi connectivity index (χ4n) is 3.31. The first-order valence-corrected chi connectivity index (χ1v) is 10.8. The highest BCUT2D eigenvalue weighted by molar-refractivity contribution is 8.26. The molecule has 1 amide bonds. The first-order chi connectivity index (χ1) is 15.3. The van der Waals surface area contributed by atoms with Crippen LogP contribution in [0.4, 0.5) is 0 Å². The molecule has 1 aromatic heterocycles. The van der Waals surface area contributed by atoms with E-state index < -0.39 is 17.2 Å². The summed E-state index contributed by atoms with van der Waals surface area (Å²) in [7, 11) is 0. The third kappa shape index (κ3) is 4.42. The van der Waals surface area contributed by atoms with Gasteiger partial charge in [0, 0.05) is 19.5 Å². The number of rotatable bonds is 7. The van der Waals surface area contributed by atoms with Crippen LogP contribution >= 0.6 is 24.0 Å². The van der Waals surface area contributed by atoms with Crippen molar-refractivity contribution in [3.05, 3.63) is 80.5 Å². The van der Waals surface area contributed by atoms with Crippen LogP contribution in [0.25, 0.3) is 6.08 Å². The van der Waals surface area contributed by atoms with Crippen LogP contribution < -0.4 is 5.56 Å². The lowest BCUT2D eigenvalue weighted by atomic mass is 10.00. The summed E-state index contributed by atoms with van der Waals surface area (Å²) in [5, 5.41) is 19.9. The second kappa shape index (κ2) is 9.77. The predicted octanol–water partition coefficient (Wildman–Crippen LogP) is 3.39. The Kier molecular flexibility index (Phi) is 7.08. The monoisotopic (exact) mass is 465 g/mol. The van der Waals surface area contributed by atoms with Crippen LogP contribution in [0, 0.1) is 18.3 Å². The molecule has 0 atom stereocenters. The van der Waals surface area contributed by atoms with Gasteiger partial charge in [-0.15, -0.1) is 6.58 Å². The van der Waals surface area contributed by atoms with Crippen LogP contribution in [0.5, 0.6) is 5.88 Å². The molecule has 0 unspecified atom stereocenters. The van der Waals surface area contributed by atoms with E-state index in [0.29, 0.717) is 9.23 Å². The molecule has 32 heavy (non-hydrogen) atoms. The van der Waals surface area contributed by atoms with Crippen molar-refractivity contribution in [3.8, 4) is 11.9 Å². The van der Waals surface area contributed by atoms with Crippen molar-refractivity contribution in [2.75, 3.05) is 6.54 Å². The number of nitriles is 1. The molecule has 1 aliphatic heterocycles. The largest absolute Gasteiger partial charge is 0.494 e. The zero-order valence-corrected chi connectivity index (χ0v) is 18.8. The van der Waals surface area contributed by atoms with Crippen LogP contribution in [-0.2, 0) is 11.3 Å². The summed E-state index contributed by atoms with van der Waals surface area (Å²) in [6, 6.07) is 11.1. The van der Waals surface area contributed by atoms with Crippen molar-refractivity contribution in [3.63, 3.8) is 0 Å². The Morgan fingerprint density at radius 3 is 2.62 bits per heavy atom. The van der Waals surface area contributed by atoms with Crippen LogP contribution in [-0.4, -0.2) is 37.1 Å². The summed E-state index contributed by atoms with van der Waals surface area (Å²) in [6.07, 6.45) is 2.98. The minimum Gasteiger partial charge on any atom is -0.494 e. The highest BCUT2D eigenvalue weighted by Crippen LogP contribution is 2.33. The van der Waals surface area contributed by atoms with Crippen LogP contribution in [0.3, 0.4) is 0 Å². The van der Waals surface area contributed by atoms with Gasteiger partial charge in [0.1, 0.15) is 16.0 Å². The second-order valence-corrected chi connectivity index (χ2v) is 8.61. The number of aromatic hydroxyl groups is 1. The topological polar surface area (TPSA) is 103 Å². The molecule has 1 aromatic carbocycles. The molecule has 1 aliphatic rings. The van der Waals surface area contributed by atoms with E-state index in [1.54, 1.807) is 12.1 Å². The number of aromatic nitrogens is 1. The Hall–Kier alpha value is -3.48. The summed E-state index contributed by atoms with van der Waals surface area (Å²) in [5.74, 6) is -1.33. The van der Waals surface area contributed by atoms with Gasteiger partial charge in [-0.1, -0.05) is 60.4 Å². The molecule has 0 bridgehead atoms. The number of hydrogen-bond acceptors (Lipinski definition) is 7. The number of allylic oxidation sites excluding steroid dienone is 1. The van der Waals surface area contributed by atoms with E-state index in [2.05, 4.69) is 6.58 Å². The number of nitrogens with zero attached hydrogens (tertiary/aromatic N) is 3. The number of carbonyl (C=O) groups excluding carboxylic acids is 2. The van der Waals surface area contributed by atoms with Gasteiger partial charge in [-0.2, -0.15) is 5.26 Å². The average Bonchev–Trinajstić information content (AvgIpc) is 3.03. The summed E-state index contributed by atoms with van der Waals surface area (Å²) in [6.45, 7) is 4.92. The second-order valence-electron chi connectivity index (χ2n) is 6.93. The number of thiocarbonyl (C=S) groups is 1. The van der Waals surface area contributed by atoms with Gasteiger partial charge in [-0.25, -0.2) is 0 Å². The summed E-state index contributed by atoms with van der Waals surface area (Å²) in [5.41, 5.74) is -0.0626. The van der Waals surface area contributed by atoms with Gasteiger partial charge < -0.3 is 5.11 Å². The molecule has 2 aromatic rings. The van der Waals surface area contributed by atoms with E-state index in [1.165, 1.54) is 17.9 Å². The van der Waals surface area contributed by atoms with Crippen molar-refractivity contribution in [1.29, 1.82) is 5.26 Å². The molecule has 0 saturated carbocycles. The Bertz CT molecular complexity index is 1260. The molecule has 7 nitrogen and oxygen atoms in total. The predicted molar refractivity (Wildman–Crippen MR) is 127 cm³/mol. The number of benzene rings is 1. The van der Waals surface area contributed by atoms with Crippen molar-refractivity contribution in [2.45, 2.75) is 19.9 Å². The fraction of sp³-hybridized carbons (Fsp3) is 0.174. The zero-order valence-electron chi connectivity index (χ0n) is 17.2. The quantitative estimate of drug-likeness (QED) is 0.289. The third-order valence-electron chi connectivity index (χ3n) is 4.92. The van der Waals surface area contributed by atoms with Gasteiger partial charge in [0.15, 0.2) is 5.78 Å². The first-order valence-electron chi connectivity index (χ1n) is 9.61. The molecule has 2 heterocycles. The normalized spacial score (nSPS) is 14.6. The molecular weight excluding hydrogens is 446 g/mol. The van der Waals surface area contributed by atoms with Crippen molar-refractivity contribution in [1.82, 2.24) is 9.47 Å². The van der Waals surface area contributed by atoms with E-state index in [1.807, 2.05) is 30.3 Å². The highest BCUT2D eigenvalue weighted by Gasteiger charge is 2.33. The van der Waals surface area contributed by atoms with Crippen molar-refractivity contribution < 1.29 is 14.7 Å². The SMILES string of the molecule is C=CCn1c(O)c(C(=O)CCN2C(=O)/C(=C/c3ccccc3)SC2=S)c(C)c(C#N)c1=O. The van der Waals surface area contributed by atoms with Gasteiger partial charge in [0.05, 0.1) is 10.5 Å². The maximum Gasteiger partial charge on any atom is 0.271 e. The molecule has 1 N–H and O–H groups in total. The molecule has 1 fully saturated rings. The summed E-state index contributed by atoms with van der Waals surface area (Å²) >= 11 is 6.47. The third-order valence-corrected chi connectivity index (χ3v) is 6.30. The minimum absolute atomic E-state index is 0.0109. The van der Waals surface area contributed by atoms with Gasteiger partial charge in [-0.05, 0) is 24.1 Å². The van der Waals surface area contributed by atoms with Crippen molar-refractivity contribution >= 4 is 46.1 Å². The fourth-order valence-corrected chi connectivity index (χ4v) is 4.62. The lowest BCUT2D eigenvalue weighted by molar-refractivity contribution is -0.122. The smallest absolute Gasteiger partial charge is 0.271 e. The lowest BCUT2D eigenvalue weighted by Gasteiger charge is -2.17. The van der Waals surface area contributed by atoms with Gasteiger partial charge in [0.25, 0.3) is 11.5 Å². The number of ketones is 1. The Morgan fingerprint density at radius 2 is 2.00 bits per heavy atom. The van der Waals surface area contributed by atoms with Gasteiger partial charge in [0.2, 0.25) is 5.88 Å². The summed E-state index contributed by atoms with van der Waals surface area (Å²) in [4.78, 5) is 39.9. The Morgan fingerprint density at radius 1 is 1.31 bits per heavy atom. The molecule has 0 spiro atoms. The number of thioether (sulfide) groups is 1. The van der Waals surface area contributed by atoms with E-state index in [0.717, 1.165) is 21.9 Å². The number of carbonyl (C=O) groups is 2. The number of amides is 1. The van der Waals surface area contributed by atoms with E-state index in [9.17, 15) is 24.8 Å². The van der Waals surface area contributed by atoms with Crippen molar-refractivity contribution in [2.24, 2.45) is 0 Å². The van der Waals surface area contributed by atoms with Crippen LogP contribution in [0.2, 0.25) is 0 Å². The molecule has 162 valence electrons. The lowest BCUT2D eigenvalue weighted by Crippen LogP contribution is -2.31. The number of Topliss-reactive ketones (excluding diaryl/α,β-unsaturated/α-hetero) is 1. The molecular formula is C23H19N3O4S2. The molecule has 9 heteroatoms. The number of pyridine rings is 1. The van der Waals surface area contributed by atoms with E-state index >= 15 is 0 Å². The highest BCUT2D eigenvalue weighted by atomic mass is 32.2. The minimum atomic E-state index is -0.693. The van der Waals surface area contributed by atoms with E-state index in [4.69, 9.17) is 12.2 Å². The maximum absolute atomic E-state index is 13.0. The Balaban J connectivity index is 1.84. The molecule has 0 radical (unpaired) electrons.